The predicted molar refractivity (Wildman–Crippen MR) is 74.1 cm³/mol. The molecule has 0 spiro atoms. The van der Waals surface area contributed by atoms with Crippen molar-refractivity contribution in [3.05, 3.63) is 33.4 Å². The average Bonchev–Trinajstić information content (AvgIpc) is 2.36. The van der Waals surface area contributed by atoms with Crippen LogP contribution in [0, 0.1) is 3.57 Å². The molecule has 0 aromatic heterocycles. The van der Waals surface area contributed by atoms with Crippen LogP contribution in [-0.2, 0) is 10.3 Å². The van der Waals surface area contributed by atoms with Crippen LogP contribution in [0.2, 0.25) is 0 Å². The summed E-state index contributed by atoms with van der Waals surface area (Å²) in [4.78, 5) is 0. The molecule has 0 bridgehead atoms. The standard InChI is InChI=1S/C13H12F7IO/c1-10(22-2,8-5-3-4-6-9(8)21)7-11(14,12(15,16)17)13(18,19)20/h3-6H,7H2,1-2H3. The van der Waals surface area contributed by atoms with Crippen molar-refractivity contribution >= 4 is 22.6 Å². The molecule has 1 rings (SSSR count). The lowest BCUT2D eigenvalue weighted by Gasteiger charge is -2.38. The van der Waals surface area contributed by atoms with Crippen LogP contribution in [0.1, 0.15) is 18.9 Å². The molecular weight excluding hydrogens is 432 g/mol. The molecule has 0 radical (unpaired) electrons. The molecule has 1 aromatic rings. The van der Waals surface area contributed by atoms with Crippen LogP contribution in [0.4, 0.5) is 30.7 Å². The zero-order chi connectivity index (χ0) is 17.4. The van der Waals surface area contributed by atoms with E-state index in [9.17, 15) is 30.7 Å². The zero-order valence-electron chi connectivity index (χ0n) is 11.4. The minimum absolute atomic E-state index is 0.0497. The van der Waals surface area contributed by atoms with Crippen molar-refractivity contribution in [2.75, 3.05) is 7.11 Å². The molecule has 0 fully saturated rings. The monoisotopic (exact) mass is 444 g/mol. The fraction of sp³-hybridized carbons (Fsp3) is 0.538. The lowest BCUT2D eigenvalue weighted by molar-refractivity contribution is -0.353. The summed E-state index contributed by atoms with van der Waals surface area (Å²) in [6, 6.07) is 5.76. The normalized spacial score (nSPS) is 16.5. The number of benzene rings is 1. The van der Waals surface area contributed by atoms with E-state index in [2.05, 4.69) is 0 Å². The van der Waals surface area contributed by atoms with Gasteiger partial charge in [-0.25, -0.2) is 4.39 Å². The molecular formula is C13H12F7IO. The molecule has 1 nitrogen and oxygen atoms in total. The number of hydrogen-bond donors (Lipinski definition) is 0. The van der Waals surface area contributed by atoms with Crippen molar-refractivity contribution in [2.24, 2.45) is 0 Å². The molecule has 0 N–H and O–H groups in total. The summed E-state index contributed by atoms with van der Waals surface area (Å²) in [6.45, 7) is 0.996. The lowest BCUT2D eigenvalue weighted by Crippen LogP contribution is -2.56. The van der Waals surface area contributed by atoms with E-state index >= 15 is 0 Å². The summed E-state index contributed by atoms with van der Waals surface area (Å²) in [5, 5.41) is 0. The van der Waals surface area contributed by atoms with Gasteiger partial charge >= 0.3 is 18.0 Å². The summed E-state index contributed by atoms with van der Waals surface area (Å²) in [5.41, 5.74) is -7.42. The van der Waals surface area contributed by atoms with Gasteiger partial charge in [-0.2, -0.15) is 26.3 Å². The van der Waals surface area contributed by atoms with Gasteiger partial charge in [0.15, 0.2) is 0 Å². The minimum atomic E-state index is -6.11. The number of rotatable bonds is 4. The first-order chi connectivity index (χ1) is 9.78. The molecule has 1 unspecified atom stereocenters. The summed E-state index contributed by atoms with van der Waals surface area (Å²) < 4.78 is 95.6. The Morgan fingerprint density at radius 3 is 1.77 bits per heavy atom. The Hall–Kier alpha value is -0.580. The molecule has 1 aromatic carbocycles. The molecule has 1 atom stereocenters. The van der Waals surface area contributed by atoms with E-state index in [-0.39, 0.29) is 5.56 Å². The highest BCUT2D eigenvalue weighted by Gasteiger charge is 2.74. The second kappa shape index (κ2) is 6.14. The van der Waals surface area contributed by atoms with Crippen LogP contribution in [0.3, 0.4) is 0 Å². The lowest BCUT2D eigenvalue weighted by atomic mass is 9.83. The van der Waals surface area contributed by atoms with E-state index in [4.69, 9.17) is 4.74 Å². The van der Waals surface area contributed by atoms with E-state index in [1.54, 1.807) is 28.7 Å². The third kappa shape index (κ3) is 3.50. The number of hydrogen-bond acceptors (Lipinski definition) is 1. The van der Waals surface area contributed by atoms with Gasteiger partial charge in [0.2, 0.25) is 0 Å². The fourth-order valence-electron chi connectivity index (χ4n) is 1.99. The molecule has 9 heteroatoms. The van der Waals surface area contributed by atoms with Gasteiger partial charge in [0, 0.05) is 17.1 Å². The first kappa shape index (κ1) is 19.5. The van der Waals surface area contributed by atoms with Crippen molar-refractivity contribution in [2.45, 2.75) is 37.0 Å². The third-order valence-electron chi connectivity index (χ3n) is 3.37. The van der Waals surface area contributed by atoms with Gasteiger partial charge in [-0.1, -0.05) is 18.2 Å². The van der Waals surface area contributed by atoms with E-state index in [0.717, 1.165) is 14.0 Å². The van der Waals surface area contributed by atoms with Crippen LogP contribution >= 0.6 is 22.6 Å². The van der Waals surface area contributed by atoms with Crippen molar-refractivity contribution in [3.8, 4) is 0 Å². The van der Waals surface area contributed by atoms with Gasteiger partial charge < -0.3 is 4.74 Å². The molecule has 0 heterocycles. The minimum Gasteiger partial charge on any atom is -0.374 e. The van der Waals surface area contributed by atoms with Gasteiger partial charge in [0.25, 0.3) is 0 Å². The van der Waals surface area contributed by atoms with E-state index in [1.165, 1.54) is 18.2 Å². The predicted octanol–water partition coefficient (Wildman–Crippen LogP) is 5.38. The van der Waals surface area contributed by atoms with Crippen molar-refractivity contribution < 1.29 is 35.5 Å². The van der Waals surface area contributed by atoms with Crippen molar-refractivity contribution in [1.82, 2.24) is 0 Å². The Labute approximate surface area is 136 Å². The summed E-state index contributed by atoms with van der Waals surface area (Å²) in [6.07, 6.45) is -14.1. The maximum Gasteiger partial charge on any atom is 0.431 e. The molecule has 0 saturated heterocycles. The van der Waals surface area contributed by atoms with Gasteiger partial charge in [-0.3, -0.25) is 0 Å². The highest BCUT2D eigenvalue weighted by Crippen LogP contribution is 2.52. The topological polar surface area (TPSA) is 9.23 Å². The molecule has 0 aliphatic carbocycles. The maximum atomic E-state index is 14.0. The highest BCUT2D eigenvalue weighted by atomic mass is 127. The summed E-state index contributed by atoms with van der Waals surface area (Å²) in [5.74, 6) is 0. The number of methoxy groups -OCH3 is 1. The van der Waals surface area contributed by atoms with Crippen molar-refractivity contribution in [3.63, 3.8) is 0 Å². The van der Waals surface area contributed by atoms with E-state index in [0.29, 0.717) is 3.57 Å². The molecule has 0 saturated carbocycles. The van der Waals surface area contributed by atoms with Gasteiger partial charge in [0.05, 0.1) is 5.60 Å². The largest absolute Gasteiger partial charge is 0.431 e. The average molecular weight is 444 g/mol. The Bertz CT molecular complexity index is 512. The van der Waals surface area contributed by atoms with Gasteiger partial charge in [-0.05, 0) is 41.1 Å². The van der Waals surface area contributed by atoms with E-state index < -0.39 is 30.0 Å². The molecule has 0 amide bonds. The van der Waals surface area contributed by atoms with Gasteiger partial charge in [0.1, 0.15) is 0 Å². The fourth-order valence-corrected chi connectivity index (χ4v) is 2.95. The van der Waals surface area contributed by atoms with Crippen molar-refractivity contribution in [1.29, 1.82) is 0 Å². The maximum absolute atomic E-state index is 14.0. The third-order valence-corrected chi connectivity index (χ3v) is 4.31. The van der Waals surface area contributed by atoms with E-state index in [1.807, 2.05) is 0 Å². The molecule has 22 heavy (non-hydrogen) atoms. The van der Waals surface area contributed by atoms with Crippen LogP contribution < -0.4 is 0 Å². The zero-order valence-corrected chi connectivity index (χ0v) is 13.6. The Morgan fingerprint density at radius 2 is 1.41 bits per heavy atom. The van der Waals surface area contributed by atoms with Crippen LogP contribution in [-0.4, -0.2) is 25.1 Å². The smallest absolute Gasteiger partial charge is 0.374 e. The summed E-state index contributed by atoms with van der Waals surface area (Å²) >= 11 is 1.74. The molecule has 0 aliphatic heterocycles. The first-order valence-corrected chi connectivity index (χ1v) is 6.99. The molecule has 126 valence electrons. The summed E-state index contributed by atoms with van der Waals surface area (Å²) in [7, 11) is 0.941. The Balaban J connectivity index is 3.40. The molecule has 0 aliphatic rings. The Kier molecular flexibility index (Phi) is 5.43. The van der Waals surface area contributed by atoms with Crippen LogP contribution in [0.15, 0.2) is 24.3 Å². The first-order valence-electron chi connectivity index (χ1n) is 5.91. The Morgan fingerprint density at radius 1 is 0.955 bits per heavy atom. The second-order valence-corrected chi connectivity index (χ2v) is 6.05. The van der Waals surface area contributed by atoms with Crippen LogP contribution in [0.25, 0.3) is 0 Å². The van der Waals surface area contributed by atoms with Gasteiger partial charge in [-0.15, -0.1) is 0 Å². The number of ether oxygens (including phenoxy) is 1. The van der Waals surface area contributed by atoms with Crippen LogP contribution in [0.5, 0.6) is 0 Å². The number of alkyl halides is 7. The number of halogens is 8. The highest BCUT2D eigenvalue weighted by molar-refractivity contribution is 14.1. The second-order valence-electron chi connectivity index (χ2n) is 4.89. The quantitative estimate of drug-likeness (QED) is 0.448. The SMILES string of the molecule is COC(C)(CC(F)(C(F)(F)F)C(F)(F)F)c1ccccc1I.